The highest BCUT2D eigenvalue weighted by Gasteiger charge is 2.32. The Hall–Kier alpha value is -1.60. The van der Waals surface area contributed by atoms with Gasteiger partial charge in [-0.3, -0.25) is 4.79 Å². The van der Waals surface area contributed by atoms with E-state index in [1.54, 1.807) is 18.2 Å². The molecule has 1 heterocycles. The van der Waals surface area contributed by atoms with E-state index in [9.17, 15) is 13.2 Å². The zero-order valence-corrected chi connectivity index (χ0v) is 19.5. The highest BCUT2D eigenvalue weighted by atomic mass is 35.5. The van der Waals surface area contributed by atoms with Gasteiger partial charge in [0.1, 0.15) is 0 Å². The highest BCUT2D eigenvalue weighted by Crippen LogP contribution is 2.31. The molecule has 1 saturated heterocycles. The van der Waals surface area contributed by atoms with Gasteiger partial charge < -0.3 is 5.32 Å². The number of sulfonamides is 1. The van der Waals surface area contributed by atoms with Crippen LogP contribution in [0.1, 0.15) is 48.4 Å². The van der Waals surface area contributed by atoms with Crippen LogP contribution in [0, 0.1) is 5.92 Å². The van der Waals surface area contributed by atoms with Crippen LogP contribution in [0.4, 0.5) is 0 Å². The molecule has 0 radical (unpaired) electrons. The number of benzene rings is 2. The lowest BCUT2D eigenvalue weighted by Crippen LogP contribution is -2.44. The lowest BCUT2D eigenvalue weighted by atomic mass is 9.87. The number of aryl methyl sites for hydroxylation is 1. The molecule has 8 heteroatoms. The first-order valence-corrected chi connectivity index (χ1v) is 13.0. The van der Waals surface area contributed by atoms with Crippen molar-refractivity contribution in [3.63, 3.8) is 0 Å². The van der Waals surface area contributed by atoms with Gasteiger partial charge in [-0.25, -0.2) is 12.7 Å². The number of nitrogens with one attached hydrogen (secondary N) is 1. The molecule has 0 aromatic heterocycles. The van der Waals surface area contributed by atoms with Gasteiger partial charge in [0.05, 0.1) is 21.8 Å². The van der Waals surface area contributed by atoms with Crippen LogP contribution in [0.25, 0.3) is 0 Å². The van der Waals surface area contributed by atoms with E-state index in [1.165, 1.54) is 15.4 Å². The second-order valence-corrected chi connectivity index (χ2v) is 11.1. The second-order valence-electron chi connectivity index (χ2n) is 8.33. The zero-order valence-electron chi connectivity index (χ0n) is 17.2. The lowest BCUT2D eigenvalue weighted by molar-refractivity contribution is -0.127. The Morgan fingerprint density at radius 3 is 2.52 bits per heavy atom. The van der Waals surface area contributed by atoms with Gasteiger partial charge in [-0.05, 0) is 60.9 Å². The first-order chi connectivity index (χ1) is 14.8. The molecule has 2 aliphatic rings. The molecule has 1 aliphatic carbocycles. The minimum atomic E-state index is -3.48. The van der Waals surface area contributed by atoms with Crippen molar-refractivity contribution in [2.45, 2.75) is 43.9 Å². The van der Waals surface area contributed by atoms with Crippen molar-refractivity contribution in [2.75, 3.05) is 13.1 Å². The topological polar surface area (TPSA) is 66.5 Å². The van der Waals surface area contributed by atoms with Crippen LogP contribution in [0.3, 0.4) is 0 Å². The third kappa shape index (κ3) is 5.25. The first kappa shape index (κ1) is 22.6. The standard InChI is InChI=1S/C23H26Cl2N2O3S/c24-20-9-8-16(14-21(20)25)15-31(29,30)27-12-10-18(11-13-27)23(28)26-22-7-3-5-17-4-1-2-6-19(17)22/h1-2,4,6,8-9,14,18,22H,3,5,7,10-13,15H2,(H,26,28)/t22-/m0/s1. The summed E-state index contributed by atoms with van der Waals surface area (Å²) >= 11 is 11.9. The van der Waals surface area contributed by atoms with Crippen molar-refractivity contribution >= 4 is 39.1 Å². The molecule has 0 saturated carbocycles. The second kappa shape index (κ2) is 9.49. The molecule has 1 atom stereocenters. The number of piperidine rings is 1. The van der Waals surface area contributed by atoms with Crippen LogP contribution >= 0.6 is 23.2 Å². The summed E-state index contributed by atoms with van der Waals surface area (Å²) in [5, 5.41) is 3.96. The summed E-state index contributed by atoms with van der Waals surface area (Å²) in [5.41, 5.74) is 3.12. The Kier molecular flexibility index (Phi) is 6.92. The average molecular weight is 481 g/mol. The Labute approximate surface area is 193 Å². The molecule has 166 valence electrons. The Morgan fingerprint density at radius 2 is 1.77 bits per heavy atom. The number of carbonyl (C=O) groups excluding carboxylic acids is 1. The van der Waals surface area contributed by atoms with Gasteiger partial charge in [-0.1, -0.05) is 53.5 Å². The van der Waals surface area contributed by atoms with Crippen LogP contribution in [0.15, 0.2) is 42.5 Å². The fraction of sp³-hybridized carbons (Fsp3) is 0.435. The van der Waals surface area contributed by atoms with Crippen molar-refractivity contribution in [1.82, 2.24) is 9.62 Å². The molecule has 31 heavy (non-hydrogen) atoms. The molecule has 4 rings (SSSR count). The van der Waals surface area contributed by atoms with E-state index in [2.05, 4.69) is 17.4 Å². The molecule has 0 spiro atoms. The van der Waals surface area contributed by atoms with E-state index in [0.29, 0.717) is 41.5 Å². The molecule has 1 aliphatic heterocycles. The van der Waals surface area contributed by atoms with Gasteiger partial charge in [-0.15, -0.1) is 0 Å². The number of halogens is 2. The first-order valence-electron chi connectivity index (χ1n) is 10.6. The largest absolute Gasteiger partial charge is 0.349 e. The fourth-order valence-electron chi connectivity index (χ4n) is 4.52. The van der Waals surface area contributed by atoms with Gasteiger partial charge in [0.15, 0.2) is 0 Å². The summed E-state index contributed by atoms with van der Waals surface area (Å²) in [6.45, 7) is 0.700. The van der Waals surface area contributed by atoms with Crippen LogP contribution in [-0.2, 0) is 27.0 Å². The van der Waals surface area contributed by atoms with Crippen LogP contribution < -0.4 is 5.32 Å². The molecule has 1 N–H and O–H groups in total. The van der Waals surface area contributed by atoms with E-state index in [4.69, 9.17) is 23.2 Å². The molecule has 5 nitrogen and oxygen atoms in total. The van der Waals surface area contributed by atoms with Gasteiger partial charge >= 0.3 is 0 Å². The zero-order chi connectivity index (χ0) is 22.0. The van der Waals surface area contributed by atoms with E-state index in [1.807, 2.05) is 12.1 Å². The predicted octanol–water partition coefficient (Wildman–Crippen LogP) is 4.73. The summed E-state index contributed by atoms with van der Waals surface area (Å²) in [5.74, 6) is -0.256. The number of hydrogen-bond donors (Lipinski definition) is 1. The number of nitrogens with zero attached hydrogens (tertiary/aromatic N) is 1. The monoisotopic (exact) mass is 480 g/mol. The molecule has 0 bridgehead atoms. The van der Waals surface area contributed by atoms with Crippen LogP contribution in [0.2, 0.25) is 10.0 Å². The molecular formula is C23H26Cl2N2O3S. The SMILES string of the molecule is O=C(N[C@H]1CCCc2ccccc21)C1CCN(S(=O)(=O)Cc2ccc(Cl)c(Cl)c2)CC1. The van der Waals surface area contributed by atoms with Gasteiger partial charge in [0.2, 0.25) is 15.9 Å². The molecule has 0 unspecified atom stereocenters. The lowest BCUT2D eigenvalue weighted by Gasteiger charge is -2.32. The maximum atomic E-state index is 12.9. The van der Waals surface area contributed by atoms with Gasteiger partial charge in [0.25, 0.3) is 0 Å². The average Bonchev–Trinajstić information content (AvgIpc) is 2.76. The molecule has 2 aromatic rings. The summed E-state index contributed by atoms with van der Waals surface area (Å²) in [6, 6.07) is 13.2. The van der Waals surface area contributed by atoms with Crippen molar-refractivity contribution < 1.29 is 13.2 Å². The molecular weight excluding hydrogens is 455 g/mol. The summed E-state index contributed by atoms with van der Waals surface area (Å²) in [7, 11) is -3.48. The third-order valence-electron chi connectivity index (χ3n) is 6.24. The Balaban J connectivity index is 1.34. The number of fused-ring (bicyclic) bond motifs is 1. The van der Waals surface area contributed by atoms with E-state index in [-0.39, 0.29) is 23.6 Å². The smallest absolute Gasteiger partial charge is 0.223 e. The third-order valence-corrected chi connectivity index (χ3v) is 8.83. The fourth-order valence-corrected chi connectivity index (χ4v) is 6.39. The van der Waals surface area contributed by atoms with Crippen molar-refractivity contribution in [3.8, 4) is 0 Å². The number of amides is 1. The minimum Gasteiger partial charge on any atom is -0.349 e. The number of hydrogen-bond acceptors (Lipinski definition) is 3. The maximum absolute atomic E-state index is 12.9. The molecule has 1 amide bonds. The normalized spacial score (nSPS) is 20.3. The van der Waals surface area contributed by atoms with Gasteiger partial charge in [-0.2, -0.15) is 0 Å². The van der Waals surface area contributed by atoms with Crippen molar-refractivity contribution in [1.29, 1.82) is 0 Å². The van der Waals surface area contributed by atoms with Gasteiger partial charge in [0, 0.05) is 19.0 Å². The van der Waals surface area contributed by atoms with E-state index >= 15 is 0 Å². The van der Waals surface area contributed by atoms with Crippen molar-refractivity contribution in [3.05, 3.63) is 69.2 Å². The van der Waals surface area contributed by atoms with E-state index in [0.717, 1.165) is 19.3 Å². The highest BCUT2D eigenvalue weighted by molar-refractivity contribution is 7.88. The van der Waals surface area contributed by atoms with E-state index < -0.39 is 10.0 Å². The molecule has 2 aromatic carbocycles. The summed E-state index contributed by atoms with van der Waals surface area (Å²) in [6.07, 6.45) is 4.12. The van der Waals surface area contributed by atoms with Crippen LogP contribution in [-0.4, -0.2) is 31.7 Å². The summed E-state index contributed by atoms with van der Waals surface area (Å²) < 4.78 is 27.1. The number of rotatable bonds is 5. The minimum absolute atomic E-state index is 0.0308. The molecule has 1 fully saturated rings. The predicted molar refractivity (Wildman–Crippen MR) is 124 cm³/mol. The quantitative estimate of drug-likeness (QED) is 0.672. The maximum Gasteiger partial charge on any atom is 0.223 e. The number of carbonyl (C=O) groups is 1. The Morgan fingerprint density at radius 1 is 1.03 bits per heavy atom. The van der Waals surface area contributed by atoms with Crippen molar-refractivity contribution in [2.24, 2.45) is 5.92 Å². The summed E-state index contributed by atoms with van der Waals surface area (Å²) in [4.78, 5) is 12.9. The Bertz CT molecular complexity index is 1070. The van der Waals surface area contributed by atoms with Crippen LogP contribution in [0.5, 0.6) is 0 Å².